The van der Waals surface area contributed by atoms with E-state index >= 15 is 0 Å². The van der Waals surface area contributed by atoms with Crippen LogP contribution >= 0.6 is 11.6 Å². The Hall–Kier alpha value is -2.04. The number of nitrogens with two attached hydrogens (primary N) is 1. The summed E-state index contributed by atoms with van der Waals surface area (Å²) < 4.78 is 0. The highest BCUT2D eigenvalue weighted by molar-refractivity contribution is 6.32. The molecular weight excluding hydrogens is 360 g/mol. The van der Waals surface area contributed by atoms with Gasteiger partial charge in [-0.2, -0.15) is 0 Å². The summed E-state index contributed by atoms with van der Waals surface area (Å²) in [6, 6.07) is 15.6. The van der Waals surface area contributed by atoms with Crippen LogP contribution in [0.25, 0.3) is 0 Å². The number of rotatable bonds is 7. The molecule has 1 amide bonds. The minimum Gasteiger partial charge on any atom is -0.506 e. The molecule has 0 spiro atoms. The predicted octanol–water partition coefficient (Wildman–Crippen LogP) is 3.74. The van der Waals surface area contributed by atoms with Crippen LogP contribution in [0, 0.1) is 5.41 Å². The highest BCUT2D eigenvalue weighted by Gasteiger charge is 2.69. The lowest BCUT2D eigenvalue weighted by atomic mass is 9.81. The highest BCUT2D eigenvalue weighted by Crippen LogP contribution is 2.67. The molecule has 0 saturated heterocycles. The summed E-state index contributed by atoms with van der Waals surface area (Å²) in [6.45, 7) is 2.14. The monoisotopic (exact) mass is 386 g/mol. The van der Waals surface area contributed by atoms with Crippen LogP contribution in [-0.2, 0) is 16.6 Å². The Morgan fingerprint density at radius 3 is 2.48 bits per heavy atom. The van der Waals surface area contributed by atoms with Crippen LogP contribution in [0.15, 0.2) is 48.5 Å². The van der Waals surface area contributed by atoms with E-state index < -0.39 is 5.41 Å². The van der Waals surface area contributed by atoms with Crippen LogP contribution in [0.4, 0.5) is 0 Å². The Bertz CT molecular complexity index is 839. The molecule has 1 saturated carbocycles. The van der Waals surface area contributed by atoms with Gasteiger partial charge in [-0.15, -0.1) is 0 Å². The van der Waals surface area contributed by atoms with Crippen molar-refractivity contribution in [3.8, 4) is 5.75 Å². The second kappa shape index (κ2) is 7.17. The molecule has 0 bridgehead atoms. The number of carbonyl (C=O) groups excluding carboxylic acids is 1. The number of halogens is 1. The molecule has 2 aromatic carbocycles. The van der Waals surface area contributed by atoms with Gasteiger partial charge in [0.2, 0.25) is 5.91 Å². The molecule has 1 fully saturated rings. The van der Waals surface area contributed by atoms with E-state index in [1.807, 2.05) is 38.4 Å². The summed E-state index contributed by atoms with van der Waals surface area (Å²) in [5.41, 5.74) is 7.32. The van der Waals surface area contributed by atoms with Gasteiger partial charge in [-0.05, 0) is 56.6 Å². The molecule has 0 aliphatic heterocycles. The first-order chi connectivity index (χ1) is 12.7. The summed E-state index contributed by atoms with van der Waals surface area (Å²) >= 11 is 6.06. The van der Waals surface area contributed by atoms with E-state index in [0.717, 1.165) is 24.0 Å². The van der Waals surface area contributed by atoms with Gasteiger partial charge in [0.25, 0.3) is 0 Å². The Labute approximate surface area is 165 Å². The fourth-order valence-electron chi connectivity index (χ4n) is 4.29. The third-order valence-electron chi connectivity index (χ3n) is 6.27. The Morgan fingerprint density at radius 2 is 1.93 bits per heavy atom. The van der Waals surface area contributed by atoms with E-state index in [1.54, 1.807) is 12.1 Å². The largest absolute Gasteiger partial charge is 0.506 e. The Morgan fingerprint density at radius 1 is 1.26 bits per heavy atom. The summed E-state index contributed by atoms with van der Waals surface area (Å²) in [4.78, 5) is 14.7. The van der Waals surface area contributed by atoms with E-state index in [0.29, 0.717) is 11.4 Å². The van der Waals surface area contributed by atoms with Crippen molar-refractivity contribution in [1.82, 2.24) is 4.90 Å². The lowest BCUT2D eigenvalue weighted by Crippen LogP contribution is -2.40. The number of aromatic hydroxyl groups is 1. The number of hydrogen-bond donors (Lipinski definition) is 2. The number of nitrogens with zero attached hydrogens (tertiary/aromatic N) is 1. The summed E-state index contributed by atoms with van der Waals surface area (Å²) in [6.07, 6.45) is 2.17. The minimum atomic E-state index is -0.552. The number of primary amides is 1. The van der Waals surface area contributed by atoms with Gasteiger partial charge in [0.15, 0.2) is 0 Å². The summed E-state index contributed by atoms with van der Waals surface area (Å²) in [5, 5.41) is 9.99. The van der Waals surface area contributed by atoms with Crippen molar-refractivity contribution in [1.29, 1.82) is 0 Å². The van der Waals surface area contributed by atoms with Crippen molar-refractivity contribution in [2.45, 2.75) is 37.6 Å². The molecule has 5 heteroatoms. The fourth-order valence-corrected chi connectivity index (χ4v) is 4.49. The standard InChI is InChI=1S/C22H27ClN2O2/c1-21(16-7-5-4-6-8-16)14-22(21,20(24)27)13-17(25(2)3)11-15-9-10-19(26)18(23)12-15/h4-10,12,17,26H,11,13-14H2,1-3H3,(H2,24,27)/t17-,21?,22?/m0/s1. The second-order valence-electron chi connectivity index (χ2n) is 8.13. The Kier molecular flexibility index (Phi) is 5.24. The zero-order chi connectivity index (χ0) is 19.8. The van der Waals surface area contributed by atoms with Crippen LogP contribution < -0.4 is 5.73 Å². The molecular formula is C22H27ClN2O2. The molecule has 0 aromatic heterocycles. The molecule has 3 atom stereocenters. The van der Waals surface area contributed by atoms with E-state index in [4.69, 9.17) is 17.3 Å². The molecule has 4 nitrogen and oxygen atoms in total. The predicted molar refractivity (Wildman–Crippen MR) is 109 cm³/mol. The molecule has 1 aliphatic carbocycles. The summed E-state index contributed by atoms with van der Waals surface area (Å²) in [5.74, 6) is -0.154. The lowest BCUT2D eigenvalue weighted by Gasteiger charge is -2.30. The first-order valence-corrected chi connectivity index (χ1v) is 9.57. The Balaban J connectivity index is 1.86. The SMILES string of the molecule is CN(C)[C@@H](Cc1ccc(O)c(Cl)c1)CC1(C(N)=O)CC1(C)c1ccccc1. The van der Waals surface area contributed by atoms with Crippen molar-refractivity contribution in [2.75, 3.05) is 14.1 Å². The van der Waals surface area contributed by atoms with Crippen LogP contribution in [0.5, 0.6) is 5.75 Å². The number of hydrogen-bond acceptors (Lipinski definition) is 3. The molecule has 2 unspecified atom stereocenters. The van der Waals surface area contributed by atoms with Crippen LogP contribution in [0.1, 0.15) is 30.9 Å². The van der Waals surface area contributed by atoms with Gasteiger partial charge < -0.3 is 15.7 Å². The number of amides is 1. The van der Waals surface area contributed by atoms with E-state index in [9.17, 15) is 9.90 Å². The molecule has 2 aromatic rings. The van der Waals surface area contributed by atoms with Gasteiger partial charge in [0, 0.05) is 11.5 Å². The smallest absolute Gasteiger partial charge is 0.224 e. The first kappa shape index (κ1) is 19.7. The zero-order valence-electron chi connectivity index (χ0n) is 16.1. The molecule has 144 valence electrons. The number of likely N-dealkylation sites (N-methyl/N-ethyl adjacent to an activating group) is 1. The summed E-state index contributed by atoms with van der Waals surface area (Å²) in [7, 11) is 4.03. The maximum Gasteiger partial charge on any atom is 0.224 e. The maximum absolute atomic E-state index is 12.5. The third-order valence-corrected chi connectivity index (χ3v) is 6.57. The van der Waals surface area contributed by atoms with E-state index in [2.05, 4.69) is 24.0 Å². The lowest BCUT2D eigenvalue weighted by molar-refractivity contribution is -0.124. The van der Waals surface area contributed by atoms with Gasteiger partial charge in [0.05, 0.1) is 10.4 Å². The van der Waals surface area contributed by atoms with E-state index in [-0.39, 0.29) is 23.1 Å². The number of phenolic OH excluding ortho intramolecular Hbond substituents is 1. The second-order valence-corrected chi connectivity index (χ2v) is 8.54. The average Bonchev–Trinajstić information content (AvgIpc) is 3.25. The minimum absolute atomic E-state index is 0.0780. The van der Waals surface area contributed by atoms with Crippen molar-refractivity contribution in [2.24, 2.45) is 11.1 Å². The van der Waals surface area contributed by atoms with Gasteiger partial charge >= 0.3 is 0 Å². The van der Waals surface area contributed by atoms with Crippen LogP contribution in [0.2, 0.25) is 5.02 Å². The quantitative estimate of drug-likeness (QED) is 0.761. The van der Waals surface area contributed by atoms with Gasteiger partial charge in [-0.3, -0.25) is 4.79 Å². The number of benzene rings is 2. The van der Waals surface area contributed by atoms with Gasteiger partial charge in [0.1, 0.15) is 5.75 Å². The third kappa shape index (κ3) is 3.56. The van der Waals surface area contributed by atoms with Crippen molar-refractivity contribution < 1.29 is 9.90 Å². The maximum atomic E-state index is 12.5. The van der Waals surface area contributed by atoms with Gasteiger partial charge in [-0.1, -0.05) is 54.9 Å². The molecule has 3 rings (SSSR count). The molecule has 3 N–H and O–H groups in total. The fraction of sp³-hybridized carbons (Fsp3) is 0.409. The zero-order valence-corrected chi connectivity index (χ0v) is 16.8. The molecule has 27 heavy (non-hydrogen) atoms. The van der Waals surface area contributed by atoms with Crippen LogP contribution in [0.3, 0.4) is 0 Å². The molecule has 0 heterocycles. The highest BCUT2D eigenvalue weighted by atomic mass is 35.5. The molecule has 1 aliphatic rings. The number of phenols is 1. The molecule has 0 radical (unpaired) electrons. The van der Waals surface area contributed by atoms with Crippen molar-refractivity contribution >= 4 is 17.5 Å². The number of carbonyl (C=O) groups is 1. The van der Waals surface area contributed by atoms with Crippen molar-refractivity contribution in [3.05, 3.63) is 64.7 Å². The van der Waals surface area contributed by atoms with Crippen LogP contribution in [-0.4, -0.2) is 36.1 Å². The van der Waals surface area contributed by atoms with Crippen molar-refractivity contribution in [3.63, 3.8) is 0 Å². The first-order valence-electron chi connectivity index (χ1n) is 9.19. The van der Waals surface area contributed by atoms with Gasteiger partial charge in [-0.25, -0.2) is 0 Å². The topological polar surface area (TPSA) is 66.6 Å². The normalized spacial score (nSPS) is 25.4. The van der Waals surface area contributed by atoms with E-state index in [1.165, 1.54) is 0 Å². The average molecular weight is 387 g/mol.